The van der Waals surface area contributed by atoms with Crippen molar-refractivity contribution in [1.29, 1.82) is 0 Å². The number of alkyl carbamates (subject to hydrolysis) is 1. The molecule has 2 aromatic carbocycles. The summed E-state index contributed by atoms with van der Waals surface area (Å²) < 4.78 is 10.8. The number of carbonyl (C=O) groups excluding carboxylic acids is 3. The Balaban J connectivity index is 2.00. The number of benzene rings is 2. The van der Waals surface area contributed by atoms with Crippen LogP contribution >= 0.6 is 0 Å². The van der Waals surface area contributed by atoms with E-state index in [4.69, 9.17) is 9.47 Å². The number of aryl methyl sites for hydroxylation is 1. The van der Waals surface area contributed by atoms with Crippen molar-refractivity contribution < 1.29 is 23.9 Å². The van der Waals surface area contributed by atoms with Gasteiger partial charge in [0.2, 0.25) is 5.91 Å². The Bertz CT molecular complexity index is 973. The molecule has 0 fully saturated rings. The maximum Gasteiger partial charge on any atom is 0.408 e. The highest BCUT2D eigenvalue weighted by atomic mass is 16.6. The van der Waals surface area contributed by atoms with Gasteiger partial charge < -0.3 is 20.1 Å². The fourth-order valence-electron chi connectivity index (χ4n) is 4.02. The quantitative estimate of drug-likeness (QED) is 0.217. The largest absolute Gasteiger partial charge is 0.461 e. The van der Waals surface area contributed by atoms with E-state index < -0.39 is 23.8 Å². The Morgan fingerprint density at radius 2 is 1.45 bits per heavy atom. The lowest BCUT2D eigenvalue weighted by Crippen LogP contribution is -2.51. The molecule has 0 saturated heterocycles. The Morgan fingerprint density at radius 1 is 0.816 bits per heavy atom. The minimum absolute atomic E-state index is 0.0663. The molecule has 2 aromatic rings. The van der Waals surface area contributed by atoms with Crippen LogP contribution in [0, 0.1) is 0 Å². The van der Waals surface area contributed by atoms with Crippen LogP contribution in [0.15, 0.2) is 60.7 Å². The summed E-state index contributed by atoms with van der Waals surface area (Å²) in [4.78, 5) is 38.3. The van der Waals surface area contributed by atoms with E-state index in [9.17, 15) is 14.4 Å². The summed E-state index contributed by atoms with van der Waals surface area (Å²) in [6.07, 6.45) is 4.91. The van der Waals surface area contributed by atoms with E-state index in [1.54, 1.807) is 20.8 Å². The number of amides is 2. The van der Waals surface area contributed by atoms with Crippen LogP contribution in [0.2, 0.25) is 0 Å². The third-order valence-electron chi connectivity index (χ3n) is 5.97. The molecule has 0 aromatic heterocycles. The number of carbonyl (C=O) groups is 3. The second kappa shape index (κ2) is 16.5. The van der Waals surface area contributed by atoms with Crippen LogP contribution in [0.4, 0.5) is 4.79 Å². The normalized spacial score (nSPS) is 12.7. The molecule has 0 radical (unpaired) electrons. The van der Waals surface area contributed by atoms with E-state index >= 15 is 0 Å². The zero-order valence-corrected chi connectivity index (χ0v) is 23.3. The average Bonchev–Trinajstić information content (AvgIpc) is 2.87. The first-order valence-corrected chi connectivity index (χ1v) is 13.7. The first-order chi connectivity index (χ1) is 18.2. The summed E-state index contributed by atoms with van der Waals surface area (Å²) in [5.74, 6) is -0.680. The van der Waals surface area contributed by atoms with Gasteiger partial charge in [-0.2, -0.15) is 0 Å². The van der Waals surface area contributed by atoms with Crippen molar-refractivity contribution in [1.82, 2.24) is 10.6 Å². The lowest BCUT2D eigenvalue weighted by Gasteiger charge is -2.25. The molecule has 2 atom stereocenters. The molecule has 0 heterocycles. The van der Waals surface area contributed by atoms with Crippen LogP contribution in [0.25, 0.3) is 0 Å². The molecule has 0 unspecified atom stereocenters. The number of hydrogen-bond donors (Lipinski definition) is 2. The summed E-state index contributed by atoms with van der Waals surface area (Å²) in [7, 11) is 0. The number of ether oxygens (including phenoxy) is 2. The zero-order valence-electron chi connectivity index (χ0n) is 23.3. The van der Waals surface area contributed by atoms with E-state index in [2.05, 4.69) is 22.8 Å². The molecule has 7 nitrogen and oxygen atoms in total. The molecule has 0 spiro atoms. The van der Waals surface area contributed by atoms with Gasteiger partial charge in [-0.3, -0.25) is 9.59 Å². The highest BCUT2D eigenvalue weighted by molar-refractivity contribution is 5.86. The third kappa shape index (κ3) is 13.3. The van der Waals surface area contributed by atoms with Gasteiger partial charge in [0.1, 0.15) is 18.2 Å². The van der Waals surface area contributed by atoms with Crippen LogP contribution in [0.5, 0.6) is 0 Å². The minimum atomic E-state index is -0.739. The molecular formula is C31H44N2O5. The zero-order chi connectivity index (χ0) is 27.8. The summed E-state index contributed by atoms with van der Waals surface area (Å²) in [5, 5.41) is 5.72. The number of hydrogen-bond acceptors (Lipinski definition) is 5. The van der Waals surface area contributed by atoms with Crippen LogP contribution < -0.4 is 10.6 Å². The van der Waals surface area contributed by atoms with Gasteiger partial charge in [0.25, 0.3) is 0 Å². The van der Waals surface area contributed by atoms with E-state index in [0.29, 0.717) is 12.8 Å². The predicted molar refractivity (Wildman–Crippen MR) is 149 cm³/mol. The van der Waals surface area contributed by atoms with Gasteiger partial charge in [-0.15, -0.1) is 0 Å². The molecule has 0 aliphatic heterocycles. The topological polar surface area (TPSA) is 93.7 Å². The second-order valence-electron chi connectivity index (χ2n) is 10.6. The Kier molecular flexibility index (Phi) is 13.4. The second-order valence-corrected chi connectivity index (χ2v) is 10.6. The first kappa shape index (κ1) is 30.9. The fraction of sp³-hybridized carbons (Fsp3) is 0.516. The van der Waals surface area contributed by atoms with Crippen LogP contribution in [0.3, 0.4) is 0 Å². The number of esters is 1. The van der Waals surface area contributed by atoms with Crippen molar-refractivity contribution in [3.63, 3.8) is 0 Å². The van der Waals surface area contributed by atoms with Gasteiger partial charge in [-0.25, -0.2) is 4.79 Å². The van der Waals surface area contributed by atoms with Crippen LogP contribution in [-0.4, -0.2) is 35.7 Å². The number of unbranched alkanes of at least 4 members (excludes halogenated alkanes) is 2. The van der Waals surface area contributed by atoms with Gasteiger partial charge in [0.05, 0.1) is 6.42 Å². The Hall–Kier alpha value is -3.35. The van der Waals surface area contributed by atoms with Gasteiger partial charge >= 0.3 is 12.1 Å². The summed E-state index contributed by atoms with van der Waals surface area (Å²) in [6, 6.07) is 18.6. The van der Waals surface area contributed by atoms with Crippen molar-refractivity contribution in [3.8, 4) is 0 Å². The Morgan fingerprint density at radius 3 is 2.05 bits per heavy atom. The molecule has 208 valence electrons. The van der Waals surface area contributed by atoms with Gasteiger partial charge in [0.15, 0.2) is 0 Å². The van der Waals surface area contributed by atoms with Crippen molar-refractivity contribution in [3.05, 3.63) is 71.8 Å². The van der Waals surface area contributed by atoms with Crippen molar-refractivity contribution in [2.45, 2.75) is 103 Å². The number of nitrogens with one attached hydrogen (secondary N) is 2. The molecule has 2 N–H and O–H groups in total. The SMILES string of the molecule is CCCC[C@H](NC(=O)OC(C)(C)C)C(=O)N[C@@H](CCCCc1ccccc1)CC(=O)OCc1ccccc1. The van der Waals surface area contributed by atoms with Crippen molar-refractivity contribution >= 4 is 18.0 Å². The van der Waals surface area contributed by atoms with Gasteiger partial charge in [-0.1, -0.05) is 86.8 Å². The van der Waals surface area contributed by atoms with Crippen molar-refractivity contribution in [2.75, 3.05) is 0 Å². The fourth-order valence-corrected chi connectivity index (χ4v) is 4.02. The maximum absolute atomic E-state index is 13.2. The molecule has 0 bridgehead atoms. The molecule has 2 rings (SSSR count). The molecule has 38 heavy (non-hydrogen) atoms. The lowest BCUT2D eigenvalue weighted by molar-refractivity contribution is -0.145. The lowest BCUT2D eigenvalue weighted by atomic mass is 10.0. The molecule has 2 amide bonds. The highest BCUT2D eigenvalue weighted by Crippen LogP contribution is 2.13. The highest BCUT2D eigenvalue weighted by Gasteiger charge is 2.26. The van der Waals surface area contributed by atoms with Crippen LogP contribution in [-0.2, 0) is 32.1 Å². The smallest absolute Gasteiger partial charge is 0.408 e. The molecule has 0 aliphatic rings. The minimum Gasteiger partial charge on any atom is -0.461 e. The van der Waals surface area contributed by atoms with E-state index in [0.717, 1.165) is 37.7 Å². The predicted octanol–water partition coefficient (Wildman–Crippen LogP) is 6.10. The van der Waals surface area contributed by atoms with Crippen LogP contribution in [0.1, 0.15) is 83.8 Å². The third-order valence-corrected chi connectivity index (χ3v) is 5.97. The molecule has 0 aliphatic carbocycles. The Labute approximate surface area is 227 Å². The van der Waals surface area contributed by atoms with E-state index in [-0.39, 0.29) is 24.9 Å². The van der Waals surface area contributed by atoms with E-state index in [1.165, 1.54) is 5.56 Å². The summed E-state index contributed by atoms with van der Waals surface area (Å²) in [6.45, 7) is 7.55. The summed E-state index contributed by atoms with van der Waals surface area (Å²) >= 11 is 0. The number of rotatable bonds is 15. The average molecular weight is 525 g/mol. The van der Waals surface area contributed by atoms with Crippen molar-refractivity contribution in [2.24, 2.45) is 0 Å². The maximum atomic E-state index is 13.2. The van der Waals surface area contributed by atoms with E-state index in [1.807, 2.05) is 55.5 Å². The molecular weight excluding hydrogens is 480 g/mol. The van der Waals surface area contributed by atoms with Gasteiger partial charge in [-0.05, 0) is 57.6 Å². The monoisotopic (exact) mass is 524 g/mol. The standard InChI is InChI=1S/C31H44N2O5/c1-5-6-21-27(33-30(36)38-31(2,3)4)29(35)32-26(20-14-13-17-24-15-9-7-10-16-24)22-28(34)37-23-25-18-11-8-12-19-25/h7-12,15-16,18-19,26-27H,5-6,13-14,17,20-23H2,1-4H3,(H,32,35)(H,33,36)/t26-,27-/m0/s1. The first-order valence-electron chi connectivity index (χ1n) is 13.7. The van der Waals surface area contributed by atoms with Gasteiger partial charge in [0, 0.05) is 6.04 Å². The molecule has 7 heteroatoms. The summed E-state index contributed by atoms with van der Waals surface area (Å²) in [5.41, 5.74) is 1.50. The molecule has 0 saturated carbocycles.